The van der Waals surface area contributed by atoms with E-state index < -0.39 is 11.6 Å². The van der Waals surface area contributed by atoms with Gasteiger partial charge in [0.05, 0.1) is 41.6 Å². The minimum absolute atomic E-state index is 0.0493. The molecule has 3 N–H and O–H groups in total. The highest BCUT2D eigenvalue weighted by Gasteiger charge is 2.52. The standard InChI is InChI=1S/C50H49N9O5/c1-57-23-25-58(26-24-57)37-16-20-44-45(30-37)55-47(54-44)33-13-17-39(18-14-33)63-27-6-12-46(60)51-21-7-22-59-38(32-53-56-59)31-52-48(61)36-15-19-43-40(29-36)49(62)64-50(43)41-10-4-2-8-34(41)28-35-9-3-5-11-42(35)50/h2-5,8-11,13-20,29-30,32H,6-7,12,21-28,31H2,1H3,(H,51,60)(H,52,61)(H,54,55). The number of likely N-dealkylation sites (N-methyl/N-ethyl adjacent to an activating group) is 1. The summed E-state index contributed by atoms with van der Waals surface area (Å²) < 4.78 is 13.9. The van der Waals surface area contributed by atoms with Crippen LogP contribution in [0.25, 0.3) is 22.4 Å². The van der Waals surface area contributed by atoms with Crippen LogP contribution in [0.2, 0.25) is 0 Å². The van der Waals surface area contributed by atoms with Crippen molar-refractivity contribution in [3.8, 4) is 17.1 Å². The Morgan fingerprint density at radius 1 is 0.844 bits per heavy atom. The lowest BCUT2D eigenvalue weighted by atomic mass is 9.71. The molecular weight excluding hydrogens is 807 g/mol. The maximum Gasteiger partial charge on any atom is 0.340 e. The van der Waals surface area contributed by atoms with Crippen LogP contribution in [0.1, 0.15) is 73.5 Å². The Hall–Kier alpha value is -7.32. The molecule has 10 rings (SSSR count). The van der Waals surface area contributed by atoms with E-state index in [0.717, 1.165) is 88.6 Å². The van der Waals surface area contributed by atoms with Crippen molar-refractivity contribution < 1.29 is 23.9 Å². The zero-order chi connectivity index (χ0) is 43.6. The third-order valence-corrected chi connectivity index (χ3v) is 12.6. The first-order chi connectivity index (χ1) is 31.3. The highest BCUT2D eigenvalue weighted by atomic mass is 16.6. The van der Waals surface area contributed by atoms with Gasteiger partial charge in [0.15, 0.2) is 5.60 Å². The molecule has 0 radical (unpaired) electrons. The Kier molecular flexibility index (Phi) is 11.1. The zero-order valence-electron chi connectivity index (χ0n) is 35.7. The van der Waals surface area contributed by atoms with Crippen molar-refractivity contribution in [1.82, 2.24) is 40.5 Å². The van der Waals surface area contributed by atoms with Gasteiger partial charge in [0.25, 0.3) is 5.91 Å². The minimum atomic E-state index is -1.07. The summed E-state index contributed by atoms with van der Waals surface area (Å²) in [6, 6.07) is 35.6. The minimum Gasteiger partial charge on any atom is -0.494 e. The maximum absolute atomic E-state index is 13.5. The lowest BCUT2D eigenvalue weighted by molar-refractivity contribution is -0.121. The molecule has 4 heterocycles. The number of piperazine rings is 1. The Morgan fingerprint density at radius 3 is 2.39 bits per heavy atom. The summed E-state index contributed by atoms with van der Waals surface area (Å²) in [5, 5.41) is 14.1. The lowest BCUT2D eigenvalue weighted by Crippen LogP contribution is -2.44. The molecule has 324 valence electrons. The number of H-pyrrole nitrogens is 1. The first-order valence-electron chi connectivity index (χ1n) is 22.0. The predicted molar refractivity (Wildman–Crippen MR) is 242 cm³/mol. The van der Waals surface area contributed by atoms with Crippen molar-refractivity contribution in [3.05, 3.63) is 160 Å². The molecule has 2 amide bonds. The van der Waals surface area contributed by atoms with Crippen molar-refractivity contribution in [2.75, 3.05) is 51.3 Å². The topological polar surface area (TPSA) is 160 Å². The first kappa shape index (κ1) is 40.7. The van der Waals surface area contributed by atoms with Gasteiger partial charge < -0.3 is 34.9 Å². The Morgan fingerprint density at radius 2 is 1.61 bits per heavy atom. The van der Waals surface area contributed by atoms with Crippen LogP contribution in [0.15, 0.2) is 115 Å². The number of hydrogen-bond acceptors (Lipinski definition) is 10. The molecule has 14 nitrogen and oxygen atoms in total. The summed E-state index contributed by atoms with van der Waals surface area (Å²) in [6.07, 6.45) is 3.91. The molecule has 0 bridgehead atoms. The average Bonchev–Trinajstić information content (AvgIpc) is 4.04. The second-order valence-electron chi connectivity index (χ2n) is 16.7. The monoisotopic (exact) mass is 855 g/mol. The molecule has 2 aliphatic heterocycles. The summed E-state index contributed by atoms with van der Waals surface area (Å²) in [7, 11) is 2.16. The molecule has 1 fully saturated rings. The molecule has 64 heavy (non-hydrogen) atoms. The van der Waals surface area contributed by atoms with Crippen molar-refractivity contribution in [3.63, 3.8) is 0 Å². The Bertz CT molecular complexity index is 2820. The van der Waals surface area contributed by atoms with E-state index in [0.29, 0.717) is 55.8 Å². The fourth-order valence-electron chi connectivity index (χ4n) is 9.15. The van der Waals surface area contributed by atoms with Crippen molar-refractivity contribution in [2.45, 2.75) is 44.4 Å². The van der Waals surface area contributed by atoms with E-state index in [1.54, 1.807) is 23.0 Å². The number of rotatable bonds is 14. The second-order valence-corrected chi connectivity index (χ2v) is 16.7. The number of fused-ring (bicyclic) bond motifs is 7. The summed E-state index contributed by atoms with van der Waals surface area (Å²) >= 11 is 0. The first-order valence-corrected chi connectivity index (χ1v) is 22.0. The molecule has 1 saturated heterocycles. The van der Waals surface area contributed by atoms with Gasteiger partial charge in [-0.15, -0.1) is 5.10 Å². The number of nitrogens with zero attached hydrogens (tertiary/aromatic N) is 6. The van der Waals surface area contributed by atoms with Gasteiger partial charge in [0.1, 0.15) is 11.6 Å². The molecular formula is C50H49N9O5. The van der Waals surface area contributed by atoms with Crippen LogP contribution >= 0.6 is 0 Å². The fraction of sp³-hybridized carbons (Fsp3) is 0.280. The molecule has 1 aliphatic carbocycles. The number of amides is 2. The van der Waals surface area contributed by atoms with E-state index in [-0.39, 0.29) is 18.4 Å². The molecule has 0 unspecified atom stereocenters. The lowest BCUT2D eigenvalue weighted by Gasteiger charge is -2.37. The highest BCUT2D eigenvalue weighted by molar-refractivity contribution is 6.01. The molecule has 0 saturated carbocycles. The summed E-state index contributed by atoms with van der Waals surface area (Å²) in [5.74, 6) is 0.705. The average molecular weight is 856 g/mol. The van der Waals surface area contributed by atoms with E-state index in [9.17, 15) is 14.4 Å². The van der Waals surface area contributed by atoms with E-state index in [1.165, 1.54) is 5.69 Å². The van der Waals surface area contributed by atoms with Crippen LogP contribution in [0, 0.1) is 0 Å². The van der Waals surface area contributed by atoms with E-state index in [1.807, 2.05) is 66.7 Å². The quantitative estimate of drug-likeness (QED) is 0.0846. The van der Waals surface area contributed by atoms with Crippen LogP contribution in [0.4, 0.5) is 5.69 Å². The van der Waals surface area contributed by atoms with E-state index in [2.05, 4.69) is 73.1 Å². The Balaban J connectivity index is 0.661. The van der Waals surface area contributed by atoms with E-state index in [4.69, 9.17) is 14.5 Å². The van der Waals surface area contributed by atoms with Gasteiger partial charge in [-0.05, 0) is 92.0 Å². The normalized spacial score (nSPS) is 15.1. The largest absolute Gasteiger partial charge is 0.494 e. The SMILES string of the molecule is CN1CCN(c2ccc3nc(-c4ccc(OCCCC(=O)NCCCn5nncc5CNC(=O)c5ccc6c(c5)C(=O)OC65c6ccccc6Cc6ccccc65)cc4)[nH]c3c2)CC1. The fourth-order valence-corrected chi connectivity index (χ4v) is 9.15. The highest BCUT2D eigenvalue weighted by Crippen LogP contribution is 2.52. The van der Waals surface area contributed by atoms with Gasteiger partial charge >= 0.3 is 5.97 Å². The van der Waals surface area contributed by atoms with Crippen molar-refractivity contribution in [2.24, 2.45) is 0 Å². The van der Waals surface area contributed by atoms with Gasteiger partial charge in [-0.3, -0.25) is 9.59 Å². The number of benzene rings is 5. The van der Waals surface area contributed by atoms with Gasteiger partial charge in [0.2, 0.25) is 5.91 Å². The van der Waals surface area contributed by atoms with Gasteiger partial charge in [-0.1, -0.05) is 59.8 Å². The van der Waals surface area contributed by atoms with Crippen LogP contribution in [0.3, 0.4) is 0 Å². The number of aromatic nitrogens is 5. The third-order valence-electron chi connectivity index (χ3n) is 12.6. The number of nitrogens with one attached hydrogen (secondary N) is 3. The van der Waals surface area contributed by atoms with Gasteiger partial charge in [-0.2, -0.15) is 0 Å². The van der Waals surface area contributed by atoms with Crippen molar-refractivity contribution in [1.29, 1.82) is 0 Å². The molecule has 7 aromatic rings. The van der Waals surface area contributed by atoms with Crippen molar-refractivity contribution >= 4 is 34.5 Å². The number of esters is 1. The summed E-state index contributed by atoms with van der Waals surface area (Å²) in [6.45, 7) is 5.73. The van der Waals surface area contributed by atoms with Gasteiger partial charge in [0, 0.05) is 79.2 Å². The molecule has 5 aromatic carbocycles. The second kappa shape index (κ2) is 17.4. The summed E-state index contributed by atoms with van der Waals surface area (Å²) in [4.78, 5) is 52.6. The molecule has 14 heteroatoms. The number of anilines is 1. The number of carbonyl (C=O) groups is 3. The molecule has 3 aliphatic rings. The van der Waals surface area contributed by atoms with Crippen LogP contribution in [-0.2, 0) is 34.6 Å². The number of ether oxygens (including phenoxy) is 2. The number of aryl methyl sites for hydroxylation is 1. The number of aromatic amines is 1. The Labute approximate surface area is 370 Å². The summed E-state index contributed by atoms with van der Waals surface area (Å²) in [5.41, 5.74) is 9.34. The third kappa shape index (κ3) is 7.96. The molecule has 0 atom stereocenters. The van der Waals surface area contributed by atoms with Crippen LogP contribution in [-0.4, -0.2) is 94.0 Å². The number of hydrogen-bond donors (Lipinski definition) is 3. The number of carbonyl (C=O) groups excluding carboxylic acids is 3. The van der Waals surface area contributed by atoms with E-state index >= 15 is 0 Å². The molecule has 2 aromatic heterocycles. The molecule has 1 spiro atoms. The predicted octanol–water partition coefficient (Wildman–Crippen LogP) is 6.24. The number of imidazole rings is 1. The van der Waals surface area contributed by atoms with Gasteiger partial charge in [-0.25, -0.2) is 14.5 Å². The maximum atomic E-state index is 13.5. The van der Waals surface area contributed by atoms with Crippen LogP contribution in [0.5, 0.6) is 5.75 Å². The van der Waals surface area contributed by atoms with Crippen LogP contribution < -0.4 is 20.3 Å². The zero-order valence-corrected chi connectivity index (χ0v) is 35.7. The smallest absolute Gasteiger partial charge is 0.340 e.